The number of phenols is 1. The van der Waals surface area contributed by atoms with E-state index in [0.717, 1.165) is 0 Å². The molecule has 0 saturated heterocycles. The molecule has 0 amide bonds. The highest BCUT2D eigenvalue weighted by Crippen LogP contribution is 2.34. The lowest BCUT2D eigenvalue weighted by Gasteiger charge is -2.28. The van der Waals surface area contributed by atoms with Crippen molar-refractivity contribution in [3.63, 3.8) is 0 Å². The molecule has 1 unspecified atom stereocenters. The maximum atomic E-state index is 10.7. The molecular weight excluding hydrogens is 254 g/mol. The summed E-state index contributed by atoms with van der Waals surface area (Å²) in [5.41, 5.74) is -0.571. The Morgan fingerprint density at radius 2 is 2.22 bits per heavy atom. The molecule has 0 saturated carbocycles. The van der Waals surface area contributed by atoms with Gasteiger partial charge in [0.15, 0.2) is 0 Å². The highest BCUT2D eigenvalue weighted by Gasteiger charge is 2.30. The summed E-state index contributed by atoms with van der Waals surface area (Å²) >= 11 is 6.07. The third kappa shape index (κ3) is 2.47. The highest BCUT2D eigenvalue weighted by atomic mass is 35.5. The van der Waals surface area contributed by atoms with Crippen molar-refractivity contribution in [2.45, 2.75) is 25.5 Å². The van der Waals surface area contributed by atoms with Gasteiger partial charge >= 0.3 is 0 Å². The largest absolute Gasteiger partial charge is 0.508 e. The summed E-state index contributed by atoms with van der Waals surface area (Å²) < 4.78 is 1.55. The van der Waals surface area contributed by atoms with E-state index in [4.69, 9.17) is 11.6 Å². The molecule has 0 spiro atoms. The monoisotopic (exact) mass is 267 g/mol. The smallest absolute Gasteiger partial charge is 0.137 e. The van der Waals surface area contributed by atoms with E-state index in [1.54, 1.807) is 10.7 Å². The van der Waals surface area contributed by atoms with E-state index in [9.17, 15) is 10.2 Å². The zero-order chi connectivity index (χ0) is 13.2. The van der Waals surface area contributed by atoms with Gasteiger partial charge in [-0.15, -0.1) is 0 Å². The second kappa shape index (κ2) is 4.96. The fourth-order valence-corrected chi connectivity index (χ4v) is 2.20. The Labute approximate surface area is 110 Å². The van der Waals surface area contributed by atoms with Gasteiger partial charge in [-0.1, -0.05) is 24.6 Å². The summed E-state index contributed by atoms with van der Waals surface area (Å²) in [6, 6.07) is 4.54. The first-order valence-electron chi connectivity index (χ1n) is 5.59. The van der Waals surface area contributed by atoms with Crippen LogP contribution in [0.4, 0.5) is 0 Å². The van der Waals surface area contributed by atoms with Crippen molar-refractivity contribution >= 4 is 11.6 Å². The molecule has 2 aromatic rings. The van der Waals surface area contributed by atoms with Crippen molar-refractivity contribution in [1.29, 1.82) is 0 Å². The molecule has 1 heterocycles. The Kier molecular flexibility index (Phi) is 3.54. The van der Waals surface area contributed by atoms with Crippen LogP contribution in [-0.2, 0) is 12.1 Å². The molecule has 1 aromatic heterocycles. The van der Waals surface area contributed by atoms with Gasteiger partial charge in [0.25, 0.3) is 0 Å². The van der Waals surface area contributed by atoms with Gasteiger partial charge in [-0.3, -0.25) is 0 Å². The number of rotatable bonds is 4. The Morgan fingerprint density at radius 3 is 2.78 bits per heavy atom. The molecule has 0 fully saturated rings. The first kappa shape index (κ1) is 12.9. The first-order chi connectivity index (χ1) is 8.55. The molecule has 6 heteroatoms. The average Bonchev–Trinajstić information content (AvgIpc) is 2.81. The number of benzene rings is 1. The number of hydrogen-bond acceptors (Lipinski definition) is 4. The Balaban J connectivity index is 2.36. The van der Waals surface area contributed by atoms with Crippen LogP contribution in [0.2, 0.25) is 5.02 Å². The number of aliphatic hydroxyl groups is 1. The van der Waals surface area contributed by atoms with Gasteiger partial charge in [0.2, 0.25) is 0 Å². The lowest BCUT2D eigenvalue weighted by molar-refractivity contribution is 0.0110. The van der Waals surface area contributed by atoms with E-state index in [1.807, 2.05) is 6.92 Å². The van der Waals surface area contributed by atoms with Crippen molar-refractivity contribution in [3.05, 3.63) is 41.4 Å². The summed E-state index contributed by atoms with van der Waals surface area (Å²) in [5.74, 6) is 0.0722. The van der Waals surface area contributed by atoms with Crippen LogP contribution >= 0.6 is 11.6 Å². The summed E-state index contributed by atoms with van der Waals surface area (Å²) in [5, 5.41) is 24.3. The number of nitrogens with zero attached hydrogens (tertiary/aromatic N) is 3. The van der Waals surface area contributed by atoms with Crippen LogP contribution in [0.15, 0.2) is 30.9 Å². The number of hydrogen-bond donors (Lipinski definition) is 2. The van der Waals surface area contributed by atoms with E-state index in [0.29, 0.717) is 17.0 Å². The zero-order valence-electron chi connectivity index (χ0n) is 9.91. The summed E-state index contributed by atoms with van der Waals surface area (Å²) in [6.45, 7) is 2.12. The number of phenolic OH excluding ortho intramolecular Hbond substituents is 1. The van der Waals surface area contributed by atoms with Gasteiger partial charge in [0, 0.05) is 5.56 Å². The Hall–Kier alpha value is -1.59. The van der Waals surface area contributed by atoms with Crippen molar-refractivity contribution < 1.29 is 10.2 Å². The SMILES string of the molecule is CCC(O)(Cn1cncn1)c1ccc(O)cc1Cl. The highest BCUT2D eigenvalue weighted by molar-refractivity contribution is 6.31. The van der Waals surface area contributed by atoms with Crippen LogP contribution < -0.4 is 0 Å². The Morgan fingerprint density at radius 1 is 1.44 bits per heavy atom. The molecule has 0 aliphatic heterocycles. The minimum Gasteiger partial charge on any atom is -0.508 e. The van der Waals surface area contributed by atoms with E-state index >= 15 is 0 Å². The quantitative estimate of drug-likeness (QED) is 0.888. The molecule has 1 atom stereocenters. The molecule has 0 radical (unpaired) electrons. The molecule has 18 heavy (non-hydrogen) atoms. The maximum Gasteiger partial charge on any atom is 0.137 e. The fourth-order valence-electron chi connectivity index (χ4n) is 1.85. The normalized spacial score (nSPS) is 14.4. The van der Waals surface area contributed by atoms with Crippen LogP contribution in [-0.4, -0.2) is 25.0 Å². The molecule has 0 bridgehead atoms. The first-order valence-corrected chi connectivity index (χ1v) is 5.97. The van der Waals surface area contributed by atoms with E-state index in [-0.39, 0.29) is 12.3 Å². The Bertz CT molecular complexity index is 530. The van der Waals surface area contributed by atoms with Crippen LogP contribution in [0.5, 0.6) is 5.75 Å². The summed E-state index contributed by atoms with van der Waals surface area (Å²) in [7, 11) is 0. The van der Waals surface area contributed by atoms with Gasteiger partial charge in [-0.05, 0) is 18.6 Å². The molecule has 1 aromatic carbocycles. The molecule has 5 nitrogen and oxygen atoms in total. The zero-order valence-corrected chi connectivity index (χ0v) is 10.7. The minimum absolute atomic E-state index is 0.0722. The van der Waals surface area contributed by atoms with E-state index in [1.165, 1.54) is 24.8 Å². The molecule has 96 valence electrons. The van der Waals surface area contributed by atoms with E-state index < -0.39 is 5.60 Å². The van der Waals surface area contributed by atoms with Crippen LogP contribution in [0, 0.1) is 0 Å². The maximum absolute atomic E-state index is 10.7. The lowest BCUT2D eigenvalue weighted by Crippen LogP contribution is -2.31. The van der Waals surface area contributed by atoms with Gasteiger partial charge < -0.3 is 10.2 Å². The van der Waals surface area contributed by atoms with Crippen molar-refractivity contribution in [2.24, 2.45) is 0 Å². The van der Waals surface area contributed by atoms with Gasteiger partial charge in [-0.2, -0.15) is 5.10 Å². The van der Waals surface area contributed by atoms with Crippen LogP contribution in [0.1, 0.15) is 18.9 Å². The van der Waals surface area contributed by atoms with E-state index in [2.05, 4.69) is 10.1 Å². The van der Waals surface area contributed by atoms with Gasteiger partial charge in [-0.25, -0.2) is 9.67 Å². The molecule has 2 rings (SSSR count). The average molecular weight is 268 g/mol. The molecule has 2 N–H and O–H groups in total. The molecule has 0 aliphatic carbocycles. The number of aromatic hydroxyl groups is 1. The summed E-state index contributed by atoms with van der Waals surface area (Å²) in [4.78, 5) is 3.84. The summed E-state index contributed by atoms with van der Waals surface area (Å²) in [6.07, 6.45) is 3.42. The minimum atomic E-state index is -1.14. The van der Waals surface area contributed by atoms with Gasteiger partial charge in [0.05, 0.1) is 11.6 Å². The molecular formula is C12H14ClN3O2. The van der Waals surface area contributed by atoms with Gasteiger partial charge in [0.1, 0.15) is 24.0 Å². The number of aromatic nitrogens is 3. The van der Waals surface area contributed by atoms with Crippen molar-refractivity contribution in [2.75, 3.05) is 0 Å². The standard InChI is InChI=1S/C12H14ClN3O2/c1-2-12(18,6-16-8-14-7-15-16)10-4-3-9(17)5-11(10)13/h3-5,7-8,17-18H,2,6H2,1H3. The third-order valence-electron chi connectivity index (χ3n) is 2.93. The molecule has 0 aliphatic rings. The van der Waals surface area contributed by atoms with Crippen LogP contribution in [0.3, 0.4) is 0 Å². The topological polar surface area (TPSA) is 71.2 Å². The van der Waals surface area contributed by atoms with Crippen LogP contribution in [0.25, 0.3) is 0 Å². The predicted molar refractivity (Wildman–Crippen MR) is 67.3 cm³/mol. The third-order valence-corrected chi connectivity index (χ3v) is 3.24. The number of halogens is 1. The lowest BCUT2D eigenvalue weighted by atomic mass is 9.91. The van der Waals surface area contributed by atoms with Crippen molar-refractivity contribution in [1.82, 2.24) is 14.8 Å². The van der Waals surface area contributed by atoms with Crippen molar-refractivity contribution in [3.8, 4) is 5.75 Å². The predicted octanol–water partition coefficient (Wildman–Crippen LogP) is 1.93. The fraction of sp³-hybridized carbons (Fsp3) is 0.333. The second-order valence-corrected chi connectivity index (χ2v) is 4.55. The second-order valence-electron chi connectivity index (χ2n) is 4.14.